The second-order valence-corrected chi connectivity index (χ2v) is 3.22. The molecule has 0 saturated heterocycles. The predicted octanol–water partition coefficient (Wildman–Crippen LogP) is 1.36. The number of aromatic amines is 1. The molecule has 80 valence electrons. The number of aromatic nitrogens is 3. The Hall–Kier alpha value is -2.55. The number of nitrogen functional groups attached to an aromatic ring is 1. The van der Waals surface area contributed by atoms with Crippen LogP contribution in [0.15, 0.2) is 18.3 Å². The summed E-state index contributed by atoms with van der Waals surface area (Å²) in [5.74, 6) is 0.631. The van der Waals surface area contributed by atoms with Gasteiger partial charge in [0.15, 0.2) is 0 Å². The molecule has 0 aromatic carbocycles. The number of nitrogens with two attached hydrogens (primary N) is 1. The molecule has 0 spiro atoms. The number of ether oxygens (including phenoxy) is 1. The van der Waals surface area contributed by atoms with Gasteiger partial charge in [-0.2, -0.15) is 5.26 Å². The quantitative estimate of drug-likeness (QED) is 0.787. The fourth-order valence-corrected chi connectivity index (χ4v) is 1.16. The van der Waals surface area contributed by atoms with Crippen LogP contribution in [0.3, 0.4) is 0 Å². The molecule has 0 amide bonds. The molecule has 6 heteroatoms. The van der Waals surface area contributed by atoms with E-state index in [2.05, 4.69) is 15.2 Å². The Bertz CT molecular complexity index is 555. The van der Waals surface area contributed by atoms with Crippen molar-refractivity contribution in [3.8, 4) is 17.8 Å². The average Bonchev–Trinajstić information content (AvgIpc) is 2.67. The zero-order valence-corrected chi connectivity index (χ0v) is 8.56. The van der Waals surface area contributed by atoms with Crippen molar-refractivity contribution in [1.29, 1.82) is 5.26 Å². The number of hydrogen-bond donors (Lipinski definition) is 2. The van der Waals surface area contributed by atoms with Crippen molar-refractivity contribution in [1.82, 2.24) is 15.2 Å². The van der Waals surface area contributed by atoms with Gasteiger partial charge in [-0.25, -0.2) is 4.98 Å². The normalized spacial score (nSPS) is 9.75. The minimum atomic E-state index is 0.241. The van der Waals surface area contributed by atoms with Crippen LogP contribution in [0, 0.1) is 18.3 Å². The molecular weight excluding hydrogens is 206 g/mol. The van der Waals surface area contributed by atoms with Crippen LogP contribution in [-0.2, 0) is 0 Å². The number of nitrogens with one attached hydrogen (secondary N) is 1. The van der Waals surface area contributed by atoms with Crippen LogP contribution in [0.4, 0.5) is 5.69 Å². The van der Waals surface area contributed by atoms with Gasteiger partial charge in [0.05, 0.1) is 11.3 Å². The first-order chi connectivity index (χ1) is 7.69. The van der Waals surface area contributed by atoms with Gasteiger partial charge >= 0.3 is 0 Å². The summed E-state index contributed by atoms with van der Waals surface area (Å²) in [6.45, 7) is 1.86. The van der Waals surface area contributed by atoms with Crippen LogP contribution < -0.4 is 10.5 Å². The van der Waals surface area contributed by atoms with Crippen LogP contribution in [0.2, 0.25) is 0 Å². The average molecular weight is 215 g/mol. The lowest BCUT2D eigenvalue weighted by Gasteiger charge is -2.03. The van der Waals surface area contributed by atoms with E-state index in [0.29, 0.717) is 17.1 Å². The first kappa shape index (κ1) is 9.98. The molecule has 0 unspecified atom stereocenters. The molecule has 0 bridgehead atoms. The Morgan fingerprint density at radius 1 is 1.50 bits per heavy atom. The second kappa shape index (κ2) is 3.90. The number of nitriles is 1. The van der Waals surface area contributed by atoms with Gasteiger partial charge < -0.3 is 10.5 Å². The summed E-state index contributed by atoms with van der Waals surface area (Å²) in [6.07, 6.45) is 1.39. The summed E-state index contributed by atoms with van der Waals surface area (Å²) < 4.78 is 5.34. The molecule has 2 aromatic rings. The van der Waals surface area contributed by atoms with Crippen molar-refractivity contribution >= 4 is 5.69 Å². The largest absolute Gasteiger partial charge is 0.417 e. The highest BCUT2D eigenvalue weighted by Crippen LogP contribution is 2.24. The van der Waals surface area contributed by atoms with Gasteiger partial charge in [-0.3, -0.25) is 5.10 Å². The van der Waals surface area contributed by atoms with Gasteiger partial charge in [-0.05, 0) is 13.0 Å². The monoisotopic (exact) mass is 215 g/mol. The summed E-state index contributed by atoms with van der Waals surface area (Å²) in [5.41, 5.74) is 7.25. The maximum Gasteiger partial charge on any atom is 0.244 e. The van der Waals surface area contributed by atoms with Gasteiger partial charge in [-0.1, -0.05) is 0 Å². The lowest BCUT2D eigenvalue weighted by Crippen LogP contribution is -1.96. The van der Waals surface area contributed by atoms with E-state index in [9.17, 15) is 0 Å². The Morgan fingerprint density at radius 3 is 2.88 bits per heavy atom. The first-order valence-corrected chi connectivity index (χ1v) is 4.54. The van der Waals surface area contributed by atoms with Crippen molar-refractivity contribution in [3.05, 3.63) is 29.6 Å². The number of rotatable bonds is 2. The third-order valence-electron chi connectivity index (χ3n) is 1.89. The third-order valence-corrected chi connectivity index (χ3v) is 1.89. The van der Waals surface area contributed by atoms with E-state index in [1.807, 2.05) is 13.0 Å². The summed E-state index contributed by atoms with van der Waals surface area (Å²) in [6, 6.07) is 5.17. The van der Waals surface area contributed by atoms with Crippen molar-refractivity contribution in [2.75, 3.05) is 5.73 Å². The Kier molecular flexibility index (Phi) is 2.44. The van der Waals surface area contributed by atoms with Crippen LogP contribution in [0.25, 0.3) is 0 Å². The van der Waals surface area contributed by atoms with E-state index in [1.54, 1.807) is 6.07 Å². The van der Waals surface area contributed by atoms with Gasteiger partial charge in [-0.15, -0.1) is 5.10 Å². The standard InChI is InChI=1S/C10H9N5O/c1-6-2-9(15-14-6)16-10-8(12)3-7(4-11)5-13-10/h2-3,5H,12H2,1H3,(H,14,15). The fourth-order valence-electron chi connectivity index (χ4n) is 1.16. The van der Waals surface area contributed by atoms with Gasteiger partial charge in [0.2, 0.25) is 11.8 Å². The minimum Gasteiger partial charge on any atom is -0.417 e. The second-order valence-electron chi connectivity index (χ2n) is 3.22. The number of hydrogen-bond acceptors (Lipinski definition) is 5. The molecule has 0 radical (unpaired) electrons. The molecule has 3 N–H and O–H groups in total. The van der Waals surface area contributed by atoms with Crippen LogP contribution in [-0.4, -0.2) is 15.2 Å². The number of anilines is 1. The molecule has 2 rings (SSSR count). The molecule has 0 fully saturated rings. The molecular formula is C10H9N5O. The molecule has 6 nitrogen and oxygen atoms in total. The highest BCUT2D eigenvalue weighted by atomic mass is 16.5. The molecule has 2 heterocycles. The van der Waals surface area contributed by atoms with Crippen molar-refractivity contribution in [3.63, 3.8) is 0 Å². The summed E-state index contributed by atoms with van der Waals surface area (Å²) in [5, 5.41) is 15.3. The van der Waals surface area contributed by atoms with Gasteiger partial charge in [0.25, 0.3) is 0 Å². The van der Waals surface area contributed by atoms with Crippen LogP contribution >= 0.6 is 0 Å². The SMILES string of the molecule is Cc1cc(Oc2ncc(C#N)cc2N)n[nH]1. The number of pyridine rings is 1. The van der Waals surface area contributed by atoms with Crippen molar-refractivity contribution in [2.45, 2.75) is 6.92 Å². The molecule has 0 saturated carbocycles. The number of nitrogens with zero attached hydrogens (tertiary/aromatic N) is 3. The van der Waals surface area contributed by atoms with E-state index in [1.165, 1.54) is 12.3 Å². The van der Waals surface area contributed by atoms with E-state index in [0.717, 1.165) is 5.69 Å². The minimum absolute atomic E-state index is 0.241. The maximum atomic E-state index is 8.64. The van der Waals surface area contributed by atoms with Gasteiger partial charge in [0.1, 0.15) is 6.07 Å². The van der Waals surface area contributed by atoms with E-state index in [4.69, 9.17) is 15.7 Å². The molecule has 0 aliphatic carbocycles. The Labute approximate surface area is 91.7 Å². The van der Waals surface area contributed by atoms with Crippen molar-refractivity contribution in [2.24, 2.45) is 0 Å². The number of H-pyrrole nitrogens is 1. The topological polar surface area (TPSA) is 101 Å². The maximum absolute atomic E-state index is 8.64. The molecule has 0 aliphatic heterocycles. The first-order valence-electron chi connectivity index (χ1n) is 4.54. The van der Waals surface area contributed by atoms with Crippen LogP contribution in [0.5, 0.6) is 11.8 Å². The fraction of sp³-hybridized carbons (Fsp3) is 0.100. The van der Waals surface area contributed by atoms with Gasteiger partial charge in [0, 0.05) is 18.0 Å². The number of aryl methyl sites for hydroxylation is 1. The van der Waals surface area contributed by atoms with Crippen LogP contribution in [0.1, 0.15) is 11.3 Å². The smallest absolute Gasteiger partial charge is 0.244 e. The highest BCUT2D eigenvalue weighted by Gasteiger charge is 2.07. The summed E-state index contributed by atoms with van der Waals surface area (Å²) in [4.78, 5) is 3.93. The summed E-state index contributed by atoms with van der Waals surface area (Å²) >= 11 is 0. The molecule has 16 heavy (non-hydrogen) atoms. The van der Waals surface area contributed by atoms with E-state index < -0.39 is 0 Å². The zero-order valence-electron chi connectivity index (χ0n) is 8.56. The molecule has 0 atom stereocenters. The predicted molar refractivity (Wildman–Crippen MR) is 56.8 cm³/mol. The lowest BCUT2D eigenvalue weighted by atomic mass is 10.3. The summed E-state index contributed by atoms with van der Waals surface area (Å²) in [7, 11) is 0. The van der Waals surface area contributed by atoms with E-state index in [-0.39, 0.29) is 5.88 Å². The Balaban J connectivity index is 2.26. The van der Waals surface area contributed by atoms with Crippen molar-refractivity contribution < 1.29 is 4.74 Å². The molecule has 2 aromatic heterocycles. The highest BCUT2D eigenvalue weighted by molar-refractivity contribution is 5.52. The van der Waals surface area contributed by atoms with E-state index >= 15 is 0 Å². The lowest BCUT2D eigenvalue weighted by molar-refractivity contribution is 0.446. The molecule has 0 aliphatic rings. The third kappa shape index (κ3) is 1.93. The Morgan fingerprint density at radius 2 is 2.31 bits per heavy atom. The zero-order chi connectivity index (χ0) is 11.5.